The summed E-state index contributed by atoms with van der Waals surface area (Å²) in [6, 6.07) is 0. The highest BCUT2D eigenvalue weighted by molar-refractivity contribution is 5.71. The number of rotatable bonds is 67. The summed E-state index contributed by atoms with van der Waals surface area (Å²) in [6.45, 7) is 6.51. The van der Waals surface area contributed by atoms with Crippen molar-refractivity contribution in [2.45, 2.75) is 386 Å². The predicted octanol–water partition coefficient (Wildman–Crippen LogP) is 25.2. The summed E-state index contributed by atoms with van der Waals surface area (Å²) < 4.78 is 16.9. The Labute approximate surface area is 516 Å². The molecule has 0 radical (unpaired) electrons. The number of allylic oxidation sites excluding steroid dienone is 12. The summed E-state index contributed by atoms with van der Waals surface area (Å²) in [5, 5.41) is 0. The molecule has 0 aliphatic rings. The van der Waals surface area contributed by atoms with E-state index in [1.807, 2.05) is 6.08 Å². The SMILES string of the molecule is CC/C=C\C/C=C\C/C=C\C/C=C\CCC(=O)OCC(COC(=O)CCCCCCCCCCCCCCCCCCC/C=C\C/C=C\CCCCCCC)OC(=O)CCCCCCCCCCCCCCCCCCCCCCCCC. The Morgan fingerprint density at radius 2 is 0.494 bits per heavy atom. The van der Waals surface area contributed by atoms with Gasteiger partial charge in [-0.05, 0) is 77.0 Å². The smallest absolute Gasteiger partial charge is 0.306 e. The number of ether oxygens (including phenoxy) is 3. The van der Waals surface area contributed by atoms with E-state index >= 15 is 0 Å². The minimum atomic E-state index is -0.803. The number of unbranched alkanes of at least 4 members (excludes halogenated alkanes) is 44. The first-order chi connectivity index (χ1) is 41.0. The van der Waals surface area contributed by atoms with Crippen LogP contribution in [0.5, 0.6) is 0 Å². The van der Waals surface area contributed by atoms with Crippen LogP contribution in [0, 0.1) is 0 Å². The lowest BCUT2D eigenvalue weighted by Crippen LogP contribution is -2.30. The third kappa shape index (κ3) is 69.5. The zero-order valence-corrected chi connectivity index (χ0v) is 55.5. The van der Waals surface area contributed by atoms with E-state index in [2.05, 4.69) is 87.6 Å². The van der Waals surface area contributed by atoms with Crippen LogP contribution in [0.3, 0.4) is 0 Å². The van der Waals surface area contributed by atoms with E-state index in [9.17, 15) is 14.4 Å². The summed E-state index contributed by atoms with van der Waals surface area (Å²) in [5.74, 6) is -0.955. The van der Waals surface area contributed by atoms with Crippen LogP contribution in [-0.4, -0.2) is 37.2 Å². The number of carbonyl (C=O) groups is 3. The number of hydrogen-bond donors (Lipinski definition) is 0. The molecule has 0 fully saturated rings. The van der Waals surface area contributed by atoms with Crippen molar-refractivity contribution >= 4 is 17.9 Å². The topological polar surface area (TPSA) is 78.9 Å². The molecule has 6 heteroatoms. The van der Waals surface area contributed by atoms with E-state index in [4.69, 9.17) is 14.2 Å². The molecule has 0 heterocycles. The van der Waals surface area contributed by atoms with Crippen molar-refractivity contribution in [3.63, 3.8) is 0 Å². The molecule has 0 aromatic rings. The lowest BCUT2D eigenvalue weighted by molar-refractivity contribution is -0.166. The van der Waals surface area contributed by atoms with Gasteiger partial charge in [-0.1, -0.05) is 357 Å². The fourth-order valence-electron chi connectivity index (χ4n) is 10.8. The van der Waals surface area contributed by atoms with Gasteiger partial charge in [0.1, 0.15) is 13.2 Å². The average molecular weight is 1160 g/mol. The minimum Gasteiger partial charge on any atom is -0.462 e. The van der Waals surface area contributed by atoms with Gasteiger partial charge >= 0.3 is 17.9 Å². The van der Waals surface area contributed by atoms with Crippen LogP contribution < -0.4 is 0 Å². The largest absolute Gasteiger partial charge is 0.462 e. The van der Waals surface area contributed by atoms with Crippen LogP contribution in [0.1, 0.15) is 380 Å². The molecule has 1 atom stereocenters. The van der Waals surface area contributed by atoms with Crippen molar-refractivity contribution in [1.29, 1.82) is 0 Å². The van der Waals surface area contributed by atoms with E-state index in [-0.39, 0.29) is 37.5 Å². The fraction of sp³-hybridized carbons (Fsp3) is 0.805. The maximum Gasteiger partial charge on any atom is 0.306 e. The molecule has 0 N–H and O–H groups in total. The second-order valence-electron chi connectivity index (χ2n) is 24.5. The fourth-order valence-corrected chi connectivity index (χ4v) is 10.8. The van der Waals surface area contributed by atoms with Crippen LogP contribution >= 0.6 is 0 Å². The van der Waals surface area contributed by atoms with Gasteiger partial charge in [-0.15, -0.1) is 0 Å². The highest BCUT2D eigenvalue weighted by Crippen LogP contribution is 2.19. The van der Waals surface area contributed by atoms with Gasteiger partial charge in [0.05, 0.1) is 0 Å². The second-order valence-corrected chi connectivity index (χ2v) is 24.5. The highest BCUT2D eigenvalue weighted by atomic mass is 16.6. The monoisotopic (exact) mass is 1160 g/mol. The van der Waals surface area contributed by atoms with Crippen LogP contribution in [0.15, 0.2) is 72.9 Å². The second kappa shape index (κ2) is 71.3. The molecule has 0 bridgehead atoms. The molecule has 0 aromatic carbocycles. The molecule has 1 unspecified atom stereocenters. The van der Waals surface area contributed by atoms with E-state index in [1.165, 1.54) is 263 Å². The summed E-state index contributed by atoms with van der Waals surface area (Å²) >= 11 is 0. The molecular weight excluding hydrogens is 1020 g/mol. The molecule has 6 nitrogen and oxygen atoms in total. The standard InChI is InChI=1S/C77H138O6/c1-4-7-10-13-16-19-22-25-27-29-31-33-35-36-37-38-39-40-42-43-45-47-49-52-55-58-61-64-67-70-76(79)82-73-74(72-81-75(78)69-66-63-60-57-54-51-24-21-18-15-12-9-6-3)83-77(80)71-68-65-62-59-56-53-50-48-46-44-41-34-32-30-28-26-23-20-17-14-11-8-5-2/h9,12,18,21-22,25,29,31,51,54,60,63,74H,4-8,10-11,13-17,19-20,23-24,26-28,30,32-50,52-53,55-59,61-62,64-73H2,1-3H3/b12-9-,21-18-,25-22-,31-29-,54-51-,63-60-. The van der Waals surface area contributed by atoms with Gasteiger partial charge < -0.3 is 14.2 Å². The molecule has 0 saturated heterocycles. The van der Waals surface area contributed by atoms with Gasteiger partial charge in [0.25, 0.3) is 0 Å². The molecular formula is C77H138O6. The first-order valence-electron chi connectivity index (χ1n) is 36.4. The van der Waals surface area contributed by atoms with Crippen LogP contribution in [-0.2, 0) is 28.6 Å². The molecule has 0 amide bonds. The Morgan fingerprint density at radius 1 is 0.253 bits per heavy atom. The Kier molecular flexibility index (Phi) is 68.6. The van der Waals surface area contributed by atoms with E-state index in [0.717, 1.165) is 70.6 Å². The van der Waals surface area contributed by atoms with E-state index in [0.29, 0.717) is 19.3 Å². The summed E-state index contributed by atoms with van der Waals surface area (Å²) in [5.41, 5.74) is 0. The number of esters is 3. The Balaban J connectivity index is 4.23. The summed E-state index contributed by atoms with van der Waals surface area (Å²) in [4.78, 5) is 38.4. The van der Waals surface area contributed by atoms with Crippen molar-refractivity contribution in [2.75, 3.05) is 13.2 Å². The van der Waals surface area contributed by atoms with Crippen LogP contribution in [0.25, 0.3) is 0 Å². The lowest BCUT2D eigenvalue weighted by Gasteiger charge is -2.18. The maximum absolute atomic E-state index is 13.0. The third-order valence-corrected chi connectivity index (χ3v) is 16.2. The first kappa shape index (κ1) is 79.8. The lowest BCUT2D eigenvalue weighted by atomic mass is 10.0. The predicted molar refractivity (Wildman–Crippen MR) is 362 cm³/mol. The zero-order chi connectivity index (χ0) is 59.9. The Hall–Kier alpha value is -3.15. The van der Waals surface area contributed by atoms with Gasteiger partial charge in [0.2, 0.25) is 0 Å². The Bertz CT molecular complexity index is 1520. The molecule has 0 aliphatic heterocycles. The minimum absolute atomic E-state index is 0.0928. The average Bonchev–Trinajstić information content (AvgIpc) is 3.49. The molecule has 83 heavy (non-hydrogen) atoms. The summed E-state index contributed by atoms with van der Waals surface area (Å²) in [6.07, 6.45) is 94.0. The molecule has 0 aromatic heterocycles. The highest BCUT2D eigenvalue weighted by Gasteiger charge is 2.19. The normalized spacial score (nSPS) is 12.5. The molecule has 0 rings (SSSR count). The van der Waals surface area contributed by atoms with Gasteiger partial charge in [0, 0.05) is 19.3 Å². The molecule has 482 valence electrons. The summed E-state index contributed by atoms with van der Waals surface area (Å²) in [7, 11) is 0. The van der Waals surface area contributed by atoms with Crippen molar-refractivity contribution < 1.29 is 28.6 Å². The van der Waals surface area contributed by atoms with E-state index in [1.54, 1.807) is 0 Å². The van der Waals surface area contributed by atoms with Crippen molar-refractivity contribution in [1.82, 2.24) is 0 Å². The van der Waals surface area contributed by atoms with Crippen molar-refractivity contribution in [2.24, 2.45) is 0 Å². The van der Waals surface area contributed by atoms with E-state index < -0.39 is 6.10 Å². The van der Waals surface area contributed by atoms with Gasteiger partial charge in [-0.25, -0.2) is 0 Å². The van der Waals surface area contributed by atoms with Crippen molar-refractivity contribution in [3.8, 4) is 0 Å². The van der Waals surface area contributed by atoms with Crippen LogP contribution in [0.4, 0.5) is 0 Å². The van der Waals surface area contributed by atoms with Gasteiger partial charge in [-0.2, -0.15) is 0 Å². The van der Waals surface area contributed by atoms with Gasteiger partial charge in [0.15, 0.2) is 6.10 Å². The quantitative estimate of drug-likeness (QED) is 0.0261. The molecule has 0 saturated carbocycles. The number of hydrogen-bond acceptors (Lipinski definition) is 6. The molecule has 0 spiro atoms. The third-order valence-electron chi connectivity index (χ3n) is 16.2. The van der Waals surface area contributed by atoms with Crippen molar-refractivity contribution in [3.05, 3.63) is 72.9 Å². The van der Waals surface area contributed by atoms with Crippen LogP contribution in [0.2, 0.25) is 0 Å². The zero-order valence-electron chi connectivity index (χ0n) is 55.5. The maximum atomic E-state index is 13.0. The Morgan fingerprint density at radius 3 is 0.807 bits per heavy atom. The molecule has 0 aliphatic carbocycles. The number of carbonyl (C=O) groups excluding carboxylic acids is 3. The van der Waals surface area contributed by atoms with Gasteiger partial charge in [-0.3, -0.25) is 14.4 Å². The first-order valence-corrected chi connectivity index (χ1v) is 36.4.